The molecule has 0 atom stereocenters. The number of para-hydroxylation sites is 1. The number of nitrogens with one attached hydrogen (secondary N) is 1. The van der Waals surface area contributed by atoms with Gasteiger partial charge in [-0.05, 0) is 49.8 Å². The lowest BCUT2D eigenvalue weighted by Gasteiger charge is -2.07. The van der Waals surface area contributed by atoms with Gasteiger partial charge >= 0.3 is 5.51 Å². The Morgan fingerprint density at radius 3 is 2.71 bits per heavy atom. The van der Waals surface area contributed by atoms with Crippen LogP contribution in [-0.4, -0.2) is 29.4 Å². The van der Waals surface area contributed by atoms with Gasteiger partial charge in [0.1, 0.15) is 0 Å². The molecule has 0 aliphatic carbocycles. The number of hydrogen-bond donors (Lipinski definition) is 1. The molecule has 0 aliphatic rings. The maximum Gasteiger partial charge on any atom is 0.441 e. The van der Waals surface area contributed by atoms with E-state index in [0.29, 0.717) is 6.54 Å². The Kier molecular flexibility index (Phi) is 5.58. The fourth-order valence-corrected chi connectivity index (χ4v) is 2.94. The number of rotatable bonds is 7. The molecule has 0 fully saturated rings. The van der Waals surface area contributed by atoms with Gasteiger partial charge in [0.25, 0.3) is 0 Å². The molecule has 116 valence electrons. The summed E-state index contributed by atoms with van der Waals surface area (Å²) in [5.74, 6) is 0.0398. The number of benzene rings is 1. The number of fused-ring (bicyclic) bond motifs is 1. The maximum atomic E-state index is 12.2. The molecule has 21 heavy (non-hydrogen) atoms. The van der Waals surface area contributed by atoms with Gasteiger partial charge in [-0.3, -0.25) is 0 Å². The van der Waals surface area contributed by atoms with Crippen LogP contribution in [0.5, 0.6) is 0 Å². The minimum absolute atomic E-state index is 0.0369. The molecule has 0 radical (unpaired) electrons. The second-order valence-electron chi connectivity index (χ2n) is 4.87. The highest BCUT2D eigenvalue weighted by atomic mass is 32.2. The quantitative estimate of drug-likeness (QED) is 0.776. The van der Waals surface area contributed by atoms with Crippen LogP contribution in [-0.2, 0) is 13.0 Å². The number of aryl methyl sites for hydroxylation is 2. The Labute approximate surface area is 126 Å². The topological polar surface area (TPSA) is 17.0 Å². The monoisotopic (exact) mass is 316 g/mol. The first kappa shape index (κ1) is 16.2. The third-order valence-corrected chi connectivity index (χ3v) is 4.06. The molecule has 0 saturated heterocycles. The minimum Gasteiger partial charge on any atom is -0.346 e. The molecule has 0 spiro atoms. The highest BCUT2D eigenvalue weighted by Gasteiger charge is 2.27. The second kappa shape index (κ2) is 7.22. The first-order chi connectivity index (χ1) is 10.0. The summed E-state index contributed by atoms with van der Waals surface area (Å²) in [7, 11) is 1.91. The molecular formula is C15H19F3N2S. The fourth-order valence-electron chi connectivity index (χ4n) is 2.42. The summed E-state index contributed by atoms with van der Waals surface area (Å²) >= 11 is 0.0369. The van der Waals surface area contributed by atoms with Crippen molar-refractivity contribution >= 4 is 22.7 Å². The van der Waals surface area contributed by atoms with E-state index in [1.807, 2.05) is 42.1 Å². The van der Waals surface area contributed by atoms with Crippen LogP contribution in [0.25, 0.3) is 10.9 Å². The van der Waals surface area contributed by atoms with E-state index in [4.69, 9.17) is 0 Å². The van der Waals surface area contributed by atoms with E-state index >= 15 is 0 Å². The summed E-state index contributed by atoms with van der Waals surface area (Å²) in [5, 5.41) is 4.25. The van der Waals surface area contributed by atoms with Crippen molar-refractivity contribution in [1.82, 2.24) is 9.88 Å². The Balaban J connectivity index is 2.11. The third kappa shape index (κ3) is 4.68. The van der Waals surface area contributed by atoms with Crippen LogP contribution in [0.1, 0.15) is 12.0 Å². The summed E-state index contributed by atoms with van der Waals surface area (Å²) in [6, 6.07) is 7.90. The van der Waals surface area contributed by atoms with Gasteiger partial charge in [-0.1, -0.05) is 18.2 Å². The van der Waals surface area contributed by atoms with Gasteiger partial charge in [-0.15, -0.1) is 0 Å². The molecular weight excluding hydrogens is 297 g/mol. The molecule has 0 aliphatic heterocycles. The zero-order chi connectivity index (χ0) is 15.3. The molecule has 0 amide bonds. The van der Waals surface area contributed by atoms with Gasteiger partial charge in [-0.25, -0.2) is 0 Å². The summed E-state index contributed by atoms with van der Waals surface area (Å²) < 4.78 is 38.6. The maximum absolute atomic E-state index is 12.2. The number of halogens is 3. The Morgan fingerprint density at radius 1 is 1.24 bits per heavy atom. The van der Waals surface area contributed by atoms with Gasteiger partial charge in [0.2, 0.25) is 0 Å². The van der Waals surface area contributed by atoms with E-state index in [0.717, 1.165) is 30.3 Å². The summed E-state index contributed by atoms with van der Waals surface area (Å²) in [5.41, 5.74) is -1.93. The Morgan fingerprint density at radius 2 is 2.00 bits per heavy atom. The molecule has 1 heterocycles. The lowest BCUT2D eigenvalue weighted by molar-refractivity contribution is -0.0328. The van der Waals surface area contributed by atoms with Gasteiger partial charge in [0.05, 0.1) is 0 Å². The predicted molar refractivity (Wildman–Crippen MR) is 82.7 cm³/mol. The van der Waals surface area contributed by atoms with E-state index in [9.17, 15) is 13.2 Å². The molecule has 2 nitrogen and oxygen atoms in total. The van der Waals surface area contributed by atoms with Crippen LogP contribution in [0.2, 0.25) is 0 Å². The molecule has 6 heteroatoms. The van der Waals surface area contributed by atoms with Gasteiger partial charge in [0.15, 0.2) is 0 Å². The second-order valence-corrected chi connectivity index (χ2v) is 6.03. The van der Waals surface area contributed by atoms with Crippen LogP contribution in [0.15, 0.2) is 30.5 Å². The van der Waals surface area contributed by atoms with Crippen LogP contribution >= 0.6 is 11.8 Å². The number of thioether (sulfide) groups is 1. The third-order valence-electron chi connectivity index (χ3n) is 3.34. The van der Waals surface area contributed by atoms with E-state index in [1.54, 1.807) is 0 Å². The summed E-state index contributed by atoms with van der Waals surface area (Å²) in [4.78, 5) is 0. The van der Waals surface area contributed by atoms with Crippen molar-refractivity contribution in [3.63, 3.8) is 0 Å². The van der Waals surface area contributed by atoms with Crippen LogP contribution in [0.3, 0.4) is 0 Å². The molecule has 2 aromatic rings. The Bertz CT molecular complexity index is 578. The molecule has 0 saturated carbocycles. The highest BCUT2D eigenvalue weighted by Crippen LogP contribution is 2.31. The molecule has 1 N–H and O–H groups in total. The summed E-state index contributed by atoms with van der Waals surface area (Å²) in [6.45, 7) is 1.31. The van der Waals surface area contributed by atoms with Crippen molar-refractivity contribution in [3.05, 3.63) is 36.0 Å². The number of aromatic nitrogens is 1. The first-order valence-corrected chi connectivity index (χ1v) is 7.92. The number of alkyl halides is 3. The fraction of sp³-hybridized carbons (Fsp3) is 0.467. The zero-order valence-electron chi connectivity index (χ0n) is 11.9. The van der Waals surface area contributed by atoms with Gasteiger partial charge < -0.3 is 9.88 Å². The van der Waals surface area contributed by atoms with Crippen molar-refractivity contribution < 1.29 is 13.2 Å². The van der Waals surface area contributed by atoms with Crippen LogP contribution in [0.4, 0.5) is 13.2 Å². The average Bonchev–Trinajstić information content (AvgIpc) is 2.77. The van der Waals surface area contributed by atoms with Gasteiger partial charge in [-0.2, -0.15) is 13.2 Å². The average molecular weight is 316 g/mol. The van der Waals surface area contributed by atoms with E-state index in [2.05, 4.69) is 5.32 Å². The SMILES string of the molecule is CNCCCc1cn(CCSC(F)(F)F)c2ccccc12. The normalized spacial score (nSPS) is 12.2. The van der Waals surface area contributed by atoms with Crippen molar-refractivity contribution in [2.75, 3.05) is 19.3 Å². The highest BCUT2D eigenvalue weighted by molar-refractivity contribution is 8.00. The van der Waals surface area contributed by atoms with Gasteiger partial charge in [0, 0.05) is 29.4 Å². The lowest BCUT2D eigenvalue weighted by atomic mass is 10.1. The van der Waals surface area contributed by atoms with Crippen LogP contribution in [0, 0.1) is 0 Å². The van der Waals surface area contributed by atoms with E-state index in [-0.39, 0.29) is 17.5 Å². The first-order valence-electron chi connectivity index (χ1n) is 6.93. The number of hydrogen-bond acceptors (Lipinski definition) is 2. The zero-order valence-corrected chi connectivity index (χ0v) is 12.7. The standard InChI is InChI=1S/C15H19F3N2S/c1-19-8-4-5-12-11-20(9-10-21-15(16,17)18)14-7-3-2-6-13(12)14/h2-3,6-7,11,19H,4-5,8-10H2,1H3. The molecule has 2 rings (SSSR count). The molecule has 0 unspecified atom stereocenters. The van der Waals surface area contributed by atoms with Crippen molar-refractivity contribution in [1.29, 1.82) is 0 Å². The molecule has 0 bridgehead atoms. The molecule has 1 aromatic heterocycles. The van der Waals surface area contributed by atoms with Crippen molar-refractivity contribution in [2.45, 2.75) is 24.9 Å². The van der Waals surface area contributed by atoms with Crippen LogP contribution < -0.4 is 5.32 Å². The lowest BCUT2D eigenvalue weighted by Crippen LogP contribution is -2.08. The van der Waals surface area contributed by atoms with Crippen molar-refractivity contribution in [3.8, 4) is 0 Å². The smallest absolute Gasteiger partial charge is 0.346 e. The van der Waals surface area contributed by atoms with E-state index in [1.165, 1.54) is 5.56 Å². The molecule has 1 aromatic carbocycles. The minimum atomic E-state index is -4.15. The van der Waals surface area contributed by atoms with E-state index < -0.39 is 5.51 Å². The largest absolute Gasteiger partial charge is 0.441 e. The number of nitrogens with zero attached hydrogens (tertiary/aromatic N) is 1. The summed E-state index contributed by atoms with van der Waals surface area (Å²) in [6.07, 6.45) is 3.94. The van der Waals surface area contributed by atoms with Crippen molar-refractivity contribution in [2.24, 2.45) is 0 Å². The Hall–Kier alpha value is -1.14. The predicted octanol–water partition coefficient (Wildman–Crippen LogP) is 4.05.